The Morgan fingerprint density at radius 3 is 2.56 bits per heavy atom. The van der Waals surface area contributed by atoms with E-state index in [-0.39, 0.29) is 16.8 Å². The molecule has 1 heterocycles. The molecule has 0 saturated heterocycles. The molecular formula is C21H26N2O3S. The Morgan fingerprint density at radius 1 is 1.19 bits per heavy atom. The molecule has 1 atom stereocenters. The van der Waals surface area contributed by atoms with Gasteiger partial charge in [0.25, 0.3) is 5.91 Å². The summed E-state index contributed by atoms with van der Waals surface area (Å²) in [7, 11) is -3.54. The van der Waals surface area contributed by atoms with Crippen LogP contribution in [0.25, 0.3) is 0 Å². The lowest BCUT2D eigenvalue weighted by Gasteiger charge is -2.23. The number of rotatable bonds is 6. The standard InChI is InChI=1S/C21H26N2O3S/c1-15(2)11-12-22-27(25,26)19-9-10-20-18(14-19)13-16(3)23(20)21(24)17-7-5-4-6-8-17/h4-10,14-16,22H,11-13H2,1-3H3/t16-/m1/s1. The fourth-order valence-electron chi connectivity index (χ4n) is 3.37. The first-order valence-electron chi connectivity index (χ1n) is 9.31. The highest BCUT2D eigenvalue weighted by molar-refractivity contribution is 7.89. The van der Waals surface area contributed by atoms with E-state index in [0.29, 0.717) is 24.4 Å². The van der Waals surface area contributed by atoms with Crippen LogP contribution >= 0.6 is 0 Å². The molecule has 0 spiro atoms. The van der Waals surface area contributed by atoms with Crippen LogP contribution < -0.4 is 9.62 Å². The lowest BCUT2D eigenvalue weighted by atomic mass is 10.1. The van der Waals surface area contributed by atoms with Crippen LogP contribution in [0.5, 0.6) is 0 Å². The van der Waals surface area contributed by atoms with Crippen molar-refractivity contribution in [2.24, 2.45) is 5.92 Å². The zero-order valence-corrected chi connectivity index (χ0v) is 16.8. The van der Waals surface area contributed by atoms with E-state index in [4.69, 9.17) is 0 Å². The predicted molar refractivity (Wildman–Crippen MR) is 108 cm³/mol. The number of amides is 1. The zero-order chi connectivity index (χ0) is 19.6. The summed E-state index contributed by atoms with van der Waals surface area (Å²) in [6.07, 6.45) is 1.43. The van der Waals surface area contributed by atoms with Crippen molar-refractivity contribution in [3.05, 3.63) is 59.7 Å². The zero-order valence-electron chi connectivity index (χ0n) is 16.0. The third kappa shape index (κ3) is 4.22. The van der Waals surface area contributed by atoms with Gasteiger partial charge in [-0.1, -0.05) is 32.0 Å². The monoisotopic (exact) mass is 386 g/mol. The van der Waals surface area contributed by atoms with Gasteiger partial charge in [-0.2, -0.15) is 0 Å². The van der Waals surface area contributed by atoms with Crippen LogP contribution in [0.3, 0.4) is 0 Å². The number of carbonyl (C=O) groups is 1. The quantitative estimate of drug-likeness (QED) is 0.825. The number of nitrogens with one attached hydrogen (secondary N) is 1. The van der Waals surface area contributed by atoms with Crippen molar-refractivity contribution in [2.75, 3.05) is 11.4 Å². The van der Waals surface area contributed by atoms with Crippen molar-refractivity contribution in [2.45, 2.75) is 44.6 Å². The fraction of sp³-hybridized carbons (Fsp3) is 0.381. The first-order valence-corrected chi connectivity index (χ1v) is 10.8. The molecule has 1 aliphatic heterocycles. The smallest absolute Gasteiger partial charge is 0.258 e. The minimum Gasteiger partial charge on any atom is -0.305 e. The Bertz CT molecular complexity index is 924. The summed E-state index contributed by atoms with van der Waals surface area (Å²) in [5.41, 5.74) is 2.31. The average Bonchev–Trinajstić information content (AvgIpc) is 2.96. The molecule has 2 aromatic rings. The first kappa shape index (κ1) is 19.6. The molecule has 1 N–H and O–H groups in total. The first-order chi connectivity index (χ1) is 12.8. The normalized spacial score (nSPS) is 16.6. The summed E-state index contributed by atoms with van der Waals surface area (Å²) in [5.74, 6) is 0.374. The summed E-state index contributed by atoms with van der Waals surface area (Å²) >= 11 is 0. The van der Waals surface area contributed by atoms with Gasteiger partial charge in [0.2, 0.25) is 10.0 Å². The molecule has 1 aliphatic rings. The number of anilines is 1. The molecule has 0 unspecified atom stereocenters. The Hall–Kier alpha value is -2.18. The van der Waals surface area contributed by atoms with Crippen LogP contribution in [0.15, 0.2) is 53.4 Å². The molecule has 0 radical (unpaired) electrons. The van der Waals surface area contributed by atoms with E-state index in [0.717, 1.165) is 17.7 Å². The van der Waals surface area contributed by atoms with Crippen LogP contribution in [0.2, 0.25) is 0 Å². The number of hydrogen-bond acceptors (Lipinski definition) is 3. The minimum absolute atomic E-state index is 0.0143. The highest BCUT2D eigenvalue weighted by Crippen LogP contribution is 2.35. The highest BCUT2D eigenvalue weighted by atomic mass is 32.2. The van der Waals surface area contributed by atoms with Gasteiger partial charge in [-0.3, -0.25) is 4.79 Å². The minimum atomic E-state index is -3.54. The van der Waals surface area contributed by atoms with Gasteiger partial charge < -0.3 is 4.90 Å². The summed E-state index contributed by atoms with van der Waals surface area (Å²) < 4.78 is 27.7. The molecule has 144 valence electrons. The maximum Gasteiger partial charge on any atom is 0.258 e. The fourth-order valence-corrected chi connectivity index (χ4v) is 4.47. The molecule has 5 nitrogen and oxygen atoms in total. The highest BCUT2D eigenvalue weighted by Gasteiger charge is 2.32. The Kier molecular flexibility index (Phi) is 5.67. The summed E-state index contributed by atoms with van der Waals surface area (Å²) in [6.45, 7) is 6.52. The van der Waals surface area contributed by atoms with E-state index in [9.17, 15) is 13.2 Å². The van der Waals surface area contributed by atoms with Gasteiger partial charge in [0.05, 0.1) is 4.90 Å². The van der Waals surface area contributed by atoms with Gasteiger partial charge in [-0.25, -0.2) is 13.1 Å². The van der Waals surface area contributed by atoms with Gasteiger partial charge >= 0.3 is 0 Å². The van der Waals surface area contributed by atoms with Gasteiger partial charge in [0.1, 0.15) is 0 Å². The molecule has 1 amide bonds. The van der Waals surface area contributed by atoms with Crippen molar-refractivity contribution in [3.63, 3.8) is 0 Å². The molecule has 2 aromatic carbocycles. The lowest BCUT2D eigenvalue weighted by Crippen LogP contribution is -2.35. The van der Waals surface area contributed by atoms with E-state index < -0.39 is 10.0 Å². The number of fused-ring (bicyclic) bond motifs is 1. The number of carbonyl (C=O) groups excluding carboxylic acids is 1. The van der Waals surface area contributed by atoms with Gasteiger partial charge in [-0.15, -0.1) is 0 Å². The Balaban J connectivity index is 1.84. The summed E-state index contributed by atoms with van der Waals surface area (Å²) in [5, 5.41) is 0. The Morgan fingerprint density at radius 2 is 1.89 bits per heavy atom. The number of hydrogen-bond donors (Lipinski definition) is 1. The van der Waals surface area contributed by atoms with Crippen molar-refractivity contribution in [1.82, 2.24) is 4.72 Å². The lowest BCUT2D eigenvalue weighted by molar-refractivity contribution is 0.0981. The van der Waals surface area contributed by atoms with Crippen LogP contribution in [0.1, 0.15) is 43.1 Å². The third-order valence-electron chi connectivity index (χ3n) is 4.83. The second-order valence-corrected chi connectivity index (χ2v) is 9.23. The molecule has 3 rings (SSSR count). The van der Waals surface area contributed by atoms with E-state index in [1.165, 1.54) is 0 Å². The van der Waals surface area contributed by atoms with E-state index in [2.05, 4.69) is 18.6 Å². The number of benzene rings is 2. The summed E-state index contributed by atoms with van der Waals surface area (Å²) in [6, 6.07) is 14.2. The summed E-state index contributed by atoms with van der Waals surface area (Å²) in [4.78, 5) is 14.9. The van der Waals surface area contributed by atoms with Gasteiger partial charge in [-0.05, 0) is 61.6 Å². The van der Waals surface area contributed by atoms with Crippen LogP contribution in [0.4, 0.5) is 5.69 Å². The van der Waals surface area contributed by atoms with E-state index in [1.54, 1.807) is 35.2 Å². The van der Waals surface area contributed by atoms with Crippen LogP contribution in [0, 0.1) is 5.92 Å². The van der Waals surface area contributed by atoms with Crippen molar-refractivity contribution in [3.8, 4) is 0 Å². The SMILES string of the molecule is CC(C)CCNS(=O)(=O)c1ccc2c(c1)C[C@@H](C)N2C(=O)c1ccccc1. The second kappa shape index (κ2) is 7.82. The van der Waals surface area contributed by atoms with Gasteiger partial charge in [0.15, 0.2) is 0 Å². The van der Waals surface area contributed by atoms with Crippen molar-refractivity contribution in [1.29, 1.82) is 0 Å². The molecule has 0 bridgehead atoms. The second-order valence-electron chi connectivity index (χ2n) is 7.47. The van der Waals surface area contributed by atoms with Crippen LogP contribution in [-0.2, 0) is 16.4 Å². The molecule has 0 fully saturated rings. The molecular weight excluding hydrogens is 360 g/mol. The number of nitrogens with zero attached hydrogens (tertiary/aromatic N) is 1. The molecule has 0 aliphatic carbocycles. The topological polar surface area (TPSA) is 66.5 Å². The van der Waals surface area contributed by atoms with E-state index in [1.807, 2.05) is 25.1 Å². The molecule has 27 heavy (non-hydrogen) atoms. The predicted octanol–water partition coefficient (Wildman–Crippen LogP) is 3.60. The third-order valence-corrected chi connectivity index (χ3v) is 6.29. The van der Waals surface area contributed by atoms with Crippen molar-refractivity contribution < 1.29 is 13.2 Å². The largest absolute Gasteiger partial charge is 0.305 e. The Labute approximate surface area is 161 Å². The molecule has 0 aromatic heterocycles. The van der Waals surface area contributed by atoms with Crippen molar-refractivity contribution >= 4 is 21.6 Å². The molecule has 0 saturated carbocycles. The van der Waals surface area contributed by atoms with E-state index >= 15 is 0 Å². The van der Waals surface area contributed by atoms with Gasteiger partial charge in [0, 0.05) is 23.8 Å². The van der Waals surface area contributed by atoms with Crippen LogP contribution in [-0.4, -0.2) is 26.9 Å². The average molecular weight is 387 g/mol. The molecule has 6 heteroatoms. The number of sulfonamides is 1. The maximum absolute atomic E-state index is 12.9. The maximum atomic E-state index is 12.9.